The van der Waals surface area contributed by atoms with E-state index in [1.807, 2.05) is 0 Å². The highest BCUT2D eigenvalue weighted by molar-refractivity contribution is 5.86. The molecule has 2 heteroatoms. The van der Waals surface area contributed by atoms with E-state index in [2.05, 4.69) is 48.1 Å². The Balaban J connectivity index is 2.01. The smallest absolute Gasteiger partial charge is 0.0513 e. The van der Waals surface area contributed by atoms with Gasteiger partial charge in [-0.1, -0.05) is 18.2 Å². The summed E-state index contributed by atoms with van der Waals surface area (Å²) < 4.78 is 2.37. The Bertz CT molecular complexity index is 535. The second kappa shape index (κ2) is 4.19. The van der Waals surface area contributed by atoms with Crippen LogP contribution in [0.1, 0.15) is 30.9 Å². The van der Waals surface area contributed by atoms with E-state index in [1.165, 1.54) is 34.9 Å². The second-order valence-corrected chi connectivity index (χ2v) is 5.07. The standard InChI is InChI=1S/C15H20N2/c1-3-17-10-12(9-16-13-7-8-13)14-6-4-5-11(2)15(14)17/h4-6,10,13,16H,3,7-9H2,1-2H3. The van der Waals surface area contributed by atoms with E-state index >= 15 is 0 Å². The summed E-state index contributed by atoms with van der Waals surface area (Å²) in [5, 5.41) is 5.03. The molecule has 0 radical (unpaired) electrons. The number of hydrogen-bond donors (Lipinski definition) is 1. The van der Waals surface area contributed by atoms with Crippen molar-refractivity contribution in [2.75, 3.05) is 0 Å². The summed E-state index contributed by atoms with van der Waals surface area (Å²) in [6.07, 6.45) is 5.02. The van der Waals surface area contributed by atoms with Gasteiger partial charge in [0.05, 0.1) is 5.52 Å². The molecule has 1 aliphatic rings. The number of para-hydroxylation sites is 1. The fourth-order valence-electron chi connectivity index (χ4n) is 2.55. The van der Waals surface area contributed by atoms with Crippen molar-refractivity contribution in [1.82, 2.24) is 9.88 Å². The van der Waals surface area contributed by atoms with Crippen LogP contribution < -0.4 is 5.32 Å². The largest absolute Gasteiger partial charge is 0.347 e. The summed E-state index contributed by atoms with van der Waals surface area (Å²) in [5.74, 6) is 0. The topological polar surface area (TPSA) is 17.0 Å². The first-order valence-corrected chi connectivity index (χ1v) is 6.60. The number of fused-ring (bicyclic) bond motifs is 1. The average Bonchev–Trinajstić information content (AvgIpc) is 3.08. The molecule has 2 aromatic rings. The fraction of sp³-hybridized carbons (Fsp3) is 0.467. The normalized spacial score (nSPS) is 15.6. The molecule has 1 aromatic heterocycles. The zero-order valence-electron chi connectivity index (χ0n) is 10.7. The van der Waals surface area contributed by atoms with E-state index < -0.39 is 0 Å². The Morgan fingerprint density at radius 3 is 2.88 bits per heavy atom. The first kappa shape index (κ1) is 10.8. The van der Waals surface area contributed by atoms with E-state index in [0.717, 1.165) is 19.1 Å². The molecule has 1 heterocycles. The Morgan fingerprint density at radius 2 is 2.18 bits per heavy atom. The van der Waals surface area contributed by atoms with Crippen molar-refractivity contribution in [2.24, 2.45) is 0 Å². The van der Waals surface area contributed by atoms with Gasteiger partial charge in [-0.15, -0.1) is 0 Å². The van der Waals surface area contributed by atoms with Gasteiger partial charge >= 0.3 is 0 Å². The second-order valence-electron chi connectivity index (χ2n) is 5.07. The van der Waals surface area contributed by atoms with Gasteiger partial charge in [0.25, 0.3) is 0 Å². The highest BCUT2D eigenvalue weighted by Gasteiger charge is 2.20. The van der Waals surface area contributed by atoms with Crippen molar-refractivity contribution in [3.8, 4) is 0 Å². The van der Waals surface area contributed by atoms with Crippen molar-refractivity contribution >= 4 is 10.9 Å². The maximum Gasteiger partial charge on any atom is 0.0513 e. The molecular formula is C15H20N2. The zero-order valence-corrected chi connectivity index (χ0v) is 10.7. The molecule has 0 spiro atoms. The summed E-state index contributed by atoms with van der Waals surface area (Å²) >= 11 is 0. The number of hydrogen-bond acceptors (Lipinski definition) is 1. The Labute approximate surface area is 103 Å². The Kier molecular flexibility index (Phi) is 2.67. The predicted molar refractivity (Wildman–Crippen MR) is 72.2 cm³/mol. The minimum Gasteiger partial charge on any atom is -0.347 e. The highest BCUT2D eigenvalue weighted by atomic mass is 15.0. The summed E-state index contributed by atoms with van der Waals surface area (Å²) in [6.45, 7) is 6.47. The monoisotopic (exact) mass is 228 g/mol. The molecule has 2 nitrogen and oxygen atoms in total. The lowest BCUT2D eigenvalue weighted by atomic mass is 10.1. The van der Waals surface area contributed by atoms with Crippen LogP contribution in [0.15, 0.2) is 24.4 Å². The van der Waals surface area contributed by atoms with Gasteiger partial charge in [0.1, 0.15) is 0 Å². The van der Waals surface area contributed by atoms with E-state index in [9.17, 15) is 0 Å². The van der Waals surface area contributed by atoms with Gasteiger partial charge in [0, 0.05) is 30.7 Å². The number of nitrogens with zero attached hydrogens (tertiary/aromatic N) is 1. The zero-order chi connectivity index (χ0) is 11.8. The van der Waals surface area contributed by atoms with Crippen LogP contribution in [0.2, 0.25) is 0 Å². The van der Waals surface area contributed by atoms with Crippen LogP contribution in [0, 0.1) is 6.92 Å². The van der Waals surface area contributed by atoms with Crippen LogP contribution in [0.5, 0.6) is 0 Å². The number of aryl methyl sites for hydroxylation is 2. The molecule has 0 atom stereocenters. The van der Waals surface area contributed by atoms with E-state index in [-0.39, 0.29) is 0 Å². The minimum atomic E-state index is 0.778. The molecule has 3 rings (SSSR count). The van der Waals surface area contributed by atoms with Crippen LogP contribution in [-0.4, -0.2) is 10.6 Å². The SMILES string of the molecule is CCn1cc(CNC2CC2)c2cccc(C)c21. The number of nitrogens with one attached hydrogen (secondary N) is 1. The maximum absolute atomic E-state index is 3.61. The molecule has 90 valence electrons. The van der Waals surface area contributed by atoms with Crippen molar-refractivity contribution < 1.29 is 0 Å². The van der Waals surface area contributed by atoms with Gasteiger partial charge in [-0.3, -0.25) is 0 Å². The quantitative estimate of drug-likeness (QED) is 0.850. The third kappa shape index (κ3) is 1.98. The summed E-state index contributed by atoms with van der Waals surface area (Å²) in [7, 11) is 0. The third-order valence-electron chi connectivity index (χ3n) is 3.68. The number of rotatable bonds is 4. The molecule has 1 aliphatic carbocycles. The van der Waals surface area contributed by atoms with E-state index in [4.69, 9.17) is 0 Å². The van der Waals surface area contributed by atoms with Crippen LogP contribution in [0.25, 0.3) is 10.9 Å². The Hall–Kier alpha value is -1.28. The van der Waals surface area contributed by atoms with Gasteiger partial charge in [0.2, 0.25) is 0 Å². The van der Waals surface area contributed by atoms with Gasteiger partial charge < -0.3 is 9.88 Å². The highest BCUT2D eigenvalue weighted by Crippen LogP contribution is 2.26. The third-order valence-corrected chi connectivity index (χ3v) is 3.68. The summed E-state index contributed by atoms with van der Waals surface area (Å²) in [5.41, 5.74) is 4.22. The van der Waals surface area contributed by atoms with Gasteiger partial charge in [0.15, 0.2) is 0 Å². The number of benzene rings is 1. The molecule has 0 bridgehead atoms. The lowest BCUT2D eigenvalue weighted by molar-refractivity contribution is 0.686. The lowest BCUT2D eigenvalue weighted by Gasteiger charge is -2.03. The molecule has 17 heavy (non-hydrogen) atoms. The van der Waals surface area contributed by atoms with E-state index in [1.54, 1.807) is 0 Å². The van der Waals surface area contributed by atoms with Gasteiger partial charge in [-0.05, 0) is 37.8 Å². The molecule has 1 N–H and O–H groups in total. The van der Waals surface area contributed by atoms with Gasteiger partial charge in [-0.25, -0.2) is 0 Å². The van der Waals surface area contributed by atoms with Crippen molar-refractivity contribution in [1.29, 1.82) is 0 Å². The summed E-state index contributed by atoms with van der Waals surface area (Å²) in [4.78, 5) is 0. The average molecular weight is 228 g/mol. The van der Waals surface area contributed by atoms with Crippen molar-refractivity contribution in [3.63, 3.8) is 0 Å². The van der Waals surface area contributed by atoms with Gasteiger partial charge in [-0.2, -0.15) is 0 Å². The molecule has 0 saturated heterocycles. The van der Waals surface area contributed by atoms with Crippen molar-refractivity contribution in [2.45, 2.75) is 45.8 Å². The van der Waals surface area contributed by atoms with Crippen LogP contribution >= 0.6 is 0 Å². The summed E-state index contributed by atoms with van der Waals surface area (Å²) in [6, 6.07) is 7.39. The molecule has 1 saturated carbocycles. The molecule has 0 amide bonds. The molecular weight excluding hydrogens is 208 g/mol. The molecule has 1 fully saturated rings. The van der Waals surface area contributed by atoms with Crippen LogP contribution in [-0.2, 0) is 13.1 Å². The van der Waals surface area contributed by atoms with Crippen LogP contribution in [0.3, 0.4) is 0 Å². The van der Waals surface area contributed by atoms with Crippen LogP contribution in [0.4, 0.5) is 0 Å². The molecule has 1 aromatic carbocycles. The molecule has 0 aliphatic heterocycles. The number of aromatic nitrogens is 1. The molecule has 0 unspecified atom stereocenters. The lowest BCUT2D eigenvalue weighted by Crippen LogP contribution is -2.14. The predicted octanol–water partition coefficient (Wildman–Crippen LogP) is 3.22. The first-order valence-electron chi connectivity index (χ1n) is 6.60. The van der Waals surface area contributed by atoms with E-state index in [0.29, 0.717) is 0 Å². The first-order chi connectivity index (χ1) is 8.29. The van der Waals surface area contributed by atoms with Crippen molar-refractivity contribution in [3.05, 3.63) is 35.5 Å². The minimum absolute atomic E-state index is 0.778. The Morgan fingerprint density at radius 1 is 1.35 bits per heavy atom. The maximum atomic E-state index is 3.61. The fourth-order valence-corrected chi connectivity index (χ4v) is 2.55.